The van der Waals surface area contributed by atoms with Crippen molar-refractivity contribution >= 4 is 22.3 Å². The van der Waals surface area contributed by atoms with Crippen LogP contribution in [0.4, 0.5) is 0 Å². The van der Waals surface area contributed by atoms with Crippen LogP contribution in [0.1, 0.15) is 44.3 Å². The molecule has 1 aliphatic rings. The lowest BCUT2D eigenvalue weighted by Crippen LogP contribution is -2.21. The van der Waals surface area contributed by atoms with Crippen molar-refractivity contribution in [1.29, 1.82) is 0 Å². The molecule has 0 fully saturated rings. The molecule has 0 saturated carbocycles. The standard InChI is InChI=1S/C20H14O5/c1-2-9-6-10-8-14(23)17-18(15(10)13(22)7-9)19(24)11-4-3-5-12(21)16(11)20(17)25/h3-8,21-23H,2H2,1H3. The number of ketones is 2. The molecule has 0 bridgehead atoms. The average Bonchev–Trinajstić information content (AvgIpc) is 2.58. The summed E-state index contributed by atoms with van der Waals surface area (Å²) in [6, 6.07) is 8.93. The third-order valence-corrected chi connectivity index (χ3v) is 4.63. The first kappa shape index (κ1) is 15.2. The second-order valence-corrected chi connectivity index (χ2v) is 6.07. The first-order chi connectivity index (χ1) is 11.9. The number of rotatable bonds is 1. The van der Waals surface area contributed by atoms with E-state index in [1.54, 1.807) is 12.1 Å². The number of hydrogen-bond donors (Lipinski definition) is 3. The minimum atomic E-state index is -0.638. The molecule has 0 amide bonds. The van der Waals surface area contributed by atoms with Crippen molar-refractivity contribution in [1.82, 2.24) is 0 Å². The monoisotopic (exact) mass is 334 g/mol. The summed E-state index contributed by atoms with van der Waals surface area (Å²) in [4.78, 5) is 25.8. The fourth-order valence-electron chi connectivity index (χ4n) is 3.46. The van der Waals surface area contributed by atoms with E-state index in [1.165, 1.54) is 24.3 Å². The molecular weight excluding hydrogens is 320 g/mol. The summed E-state index contributed by atoms with van der Waals surface area (Å²) in [6.45, 7) is 1.92. The quantitative estimate of drug-likeness (QED) is 0.496. The van der Waals surface area contributed by atoms with Crippen molar-refractivity contribution in [2.45, 2.75) is 13.3 Å². The summed E-state index contributed by atoms with van der Waals surface area (Å²) in [5, 5.41) is 31.5. The molecule has 0 saturated heterocycles. The molecule has 4 rings (SSSR count). The van der Waals surface area contributed by atoms with Crippen LogP contribution >= 0.6 is 0 Å². The predicted octanol–water partition coefficient (Wildman–Crippen LogP) is 3.29. The number of benzene rings is 3. The molecule has 0 atom stereocenters. The molecule has 0 unspecified atom stereocenters. The zero-order valence-corrected chi connectivity index (χ0v) is 13.3. The third-order valence-electron chi connectivity index (χ3n) is 4.63. The molecule has 3 N–H and O–H groups in total. The van der Waals surface area contributed by atoms with Gasteiger partial charge in [0.25, 0.3) is 0 Å². The number of hydrogen-bond acceptors (Lipinski definition) is 5. The molecule has 5 nitrogen and oxygen atoms in total. The highest BCUT2D eigenvalue weighted by Gasteiger charge is 2.36. The number of aryl methyl sites for hydroxylation is 1. The van der Waals surface area contributed by atoms with E-state index in [-0.39, 0.29) is 44.9 Å². The number of fused-ring (bicyclic) bond motifs is 4. The largest absolute Gasteiger partial charge is 0.507 e. The molecule has 0 aromatic heterocycles. The van der Waals surface area contributed by atoms with Gasteiger partial charge in [-0.3, -0.25) is 9.59 Å². The van der Waals surface area contributed by atoms with E-state index < -0.39 is 11.6 Å². The Morgan fingerprint density at radius 2 is 1.56 bits per heavy atom. The molecule has 0 radical (unpaired) electrons. The second-order valence-electron chi connectivity index (χ2n) is 6.07. The van der Waals surface area contributed by atoms with Crippen LogP contribution in [0.25, 0.3) is 10.8 Å². The van der Waals surface area contributed by atoms with Gasteiger partial charge in [-0.2, -0.15) is 0 Å². The lowest BCUT2D eigenvalue weighted by atomic mass is 9.80. The van der Waals surface area contributed by atoms with Crippen molar-refractivity contribution in [3.05, 3.63) is 64.2 Å². The smallest absolute Gasteiger partial charge is 0.201 e. The lowest BCUT2D eigenvalue weighted by Gasteiger charge is -2.21. The first-order valence-corrected chi connectivity index (χ1v) is 7.87. The van der Waals surface area contributed by atoms with Gasteiger partial charge in [0.2, 0.25) is 5.78 Å². The van der Waals surface area contributed by atoms with Crippen molar-refractivity contribution in [3.63, 3.8) is 0 Å². The number of aromatic hydroxyl groups is 3. The van der Waals surface area contributed by atoms with Crippen LogP contribution in [0.5, 0.6) is 17.2 Å². The van der Waals surface area contributed by atoms with Crippen LogP contribution in [-0.2, 0) is 6.42 Å². The van der Waals surface area contributed by atoms with Gasteiger partial charge in [0.1, 0.15) is 17.2 Å². The number of carbonyl (C=O) groups is 2. The van der Waals surface area contributed by atoms with Crippen molar-refractivity contribution < 1.29 is 24.9 Å². The Morgan fingerprint density at radius 3 is 2.28 bits per heavy atom. The maximum atomic E-state index is 13.0. The van der Waals surface area contributed by atoms with Crippen molar-refractivity contribution in [2.75, 3.05) is 0 Å². The highest BCUT2D eigenvalue weighted by Crippen LogP contribution is 2.43. The molecule has 1 aliphatic carbocycles. The zero-order valence-electron chi connectivity index (χ0n) is 13.3. The Bertz CT molecular complexity index is 1100. The van der Waals surface area contributed by atoms with Crippen LogP contribution in [0.3, 0.4) is 0 Å². The van der Waals surface area contributed by atoms with Crippen LogP contribution < -0.4 is 0 Å². The third kappa shape index (κ3) is 1.96. The zero-order chi connectivity index (χ0) is 17.9. The molecule has 0 spiro atoms. The van der Waals surface area contributed by atoms with Crippen LogP contribution in [0.2, 0.25) is 0 Å². The summed E-state index contributed by atoms with van der Waals surface area (Å²) in [5.41, 5.74) is 0.559. The molecule has 0 heterocycles. The van der Waals surface area contributed by atoms with E-state index in [4.69, 9.17) is 0 Å². The van der Waals surface area contributed by atoms with Crippen LogP contribution in [0.15, 0.2) is 36.4 Å². The fraction of sp³-hybridized carbons (Fsp3) is 0.100. The normalized spacial score (nSPS) is 13.0. The van der Waals surface area contributed by atoms with Crippen LogP contribution in [-0.4, -0.2) is 26.9 Å². The van der Waals surface area contributed by atoms with Gasteiger partial charge in [-0.1, -0.05) is 25.1 Å². The maximum Gasteiger partial charge on any atom is 0.201 e. The molecule has 3 aromatic rings. The summed E-state index contributed by atoms with van der Waals surface area (Å²) >= 11 is 0. The Hall–Kier alpha value is -3.34. The highest BCUT2D eigenvalue weighted by molar-refractivity contribution is 6.34. The first-order valence-electron chi connectivity index (χ1n) is 7.87. The van der Waals surface area contributed by atoms with Gasteiger partial charge in [-0.05, 0) is 35.6 Å². The van der Waals surface area contributed by atoms with E-state index in [0.717, 1.165) is 5.56 Å². The van der Waals surface area contributed by atoms with Gasteiger partial charge >= 0.3 is 0 Å². The number of carbonyl (C=O) groups excluding carboxylic acids is 2. The molecule has 124 valence electrons. The van der Waals surface area contributed by atoms with E-state index in [2.05, 4.69) is 0 Å². The molecule has 0 aliphatic heterocycles. The molecular formula is C20H14O5. The van der Waals surface area contributed by atoms with E-state index in [1.807, 2.05) is 6.92 Å². The summed E-state index contributed by atoms with van der Waals surface area (Å²) in [7, 11) is 0. The van der Waals surface area contributed by atoms with E-state index in [9.17, 15) is 24.9 Å². The predicted molar refractivity (Wildman–Crippen MR) is 91.6 cm³/mol. The van der Waals surface area contributed by atoms with Gasteiger partial charge in [-0.15, -0.1) is 0 Å². The van der Waals surface area contributed by atoms with E-state index in [0.29, 0.717) is 11.8 Å². The lowest BCUT2D eigenvalue weighted by molar-refractivity contribution is 0.0975. The van der Waals surface area contributed by atoms with E-state index >= 15 is 0 Å². The van der Waals surface area contributed by atoms with Gasteiger partial charge in [0.05, 0.1) is 11.1 Å². The molecule has 3 aromatic carbocycles. The van der Waals surface area contributed by atoms with Gasteiger partial charge in [0, 0.05) is 16.5 Å². The topological polar surface area (TPSA) is 94.8 Å². The van der Waals surface area contributed by atoms with Gasteiger partial charge < -0.3 is 15.3 Å². The Kier molecular flexibility index (Phi) is 3.09. The summed E-state index contributed by atoms with van der Waals surface area (Å²) in [6.07, 6.45) is 0.672. The van der Waals surface area contributed by atoms with Crippen molar-refractivity contribution in [2.24, 2.45) is 0 Å². The Balaban J connectivity index is 2.16. The number of phenolic OH excluding ortho intramolecular Hbond substituents is 3. The minimum absolute atomic E-state index is 0.0294. The fourth-order valence-corrected chi connectivity index (χ4v) is 3.46. The van der Waals surface area contributed by atoms with Crippen LogP contribution in [0, 0.1) is 0 Å². The Labute approximate surface area is 142 Å². The molecule has 25 heavy (non-hydrogen) atoms. The minimum Gasteiger partial charge on any atom is -0.507 e. The Morgan fingerprint density at radius 1 is 0.800 bits per heavy atom. The highest BCUT2D eigenvalue weighted by atomic mass is 16.3. The van der Waals surface area contributed by atoms with Gasteiger partial charge in [-0.25, -0.2) is 0 Å². The SMILES string of the molecule is CCc1cc(O)c2c3c(c(O)cc2c1)C(=O)c1c(O)cccc1C3=O. The summed E-state index contributed by atoms with van der Waals surface area (Å²) in [5.74, 6) is -1.92. The maximum absolute atomic E-state index is 13.0. The van der Waals surface area contributed by atoms with Crippen molar-refractivity contribution in [3.8, 4) is 17.2 Å². The number of phenols is 3. The second kappa shape index (κ2) is 5.08. The summed E-state index contributed by atoms with van der Waals surface area (Å²) < 4.78 is 0. The van der Waals surface area contributed by atoms with Gasteiger partial charge in [0.15, 0.2) is 5.78 Å². The average molecular weight is 334 g/mol. The molecule has 5 heteroatoms.